The smallest absolute Gasteiger partial charge is 0.183 e. The van der Waals surface area contributed by atoms with E-state index in [1.807, 2.05) is 13.0 Å². The molecule has 1 aliphatic rings. The molecule has 1 saturated heterocycles. The van der Waals surface area contributed by atoms with E-state index in [-0.39, 0.29) is 11.7 Å². The highest BCUT2D eigenvalue weighted by molar-refractivity contribution is 5.57. The van der Waals surface area contributed by atoms with Crippen molar-refractivity contribution in [2.24, 2.45) is 5.92 Å². The van der Waals surface area contributed by atoms with Crippen molar-refractivity contribution in [2.75, 3.05) is 23.8 Å². The molecule has 0 spiro atoms. The van der Waals surface area contributed by atoms with Crippen molar-refractivity contribution in [2.45, 2.75) is 26.3 Å². The monoisotopic (exact) mass is 313 g/mol. The molecule has 0 bridgehead atoms. The molecule has 120 valence electrons. The number of ether oxygens (including phenoxy) is 1. The van der Waals surface area contributed by atoms with Gasteiger partial charge in [-0.05, 0) is 13.3 Å². The predicted molar refractivity (Wildman–Crippen MR) is 85.4 cm³/mol. The number of hydrogen-bond acceptors (Lipinski definition) is 7. The standard InChI is InChI=1S/C15H19N7O/c1-3-11-4-13(22-21-11)19-14-6-17-12(5-16)15(20-14)18-9(2)10-7-23-8-10/h4,6,9-10H,3,7-8H2,1-2H3,(H3,18,19,20,21,22)/t9-/m1/s1. The summed E-state index contributed by atoms with van der Waals surface area (Å²) >= 11 is 0. The largest absolute Gasteiger partial charge is 0.381 e. The lowest BCUT2D eigenvalue weighted by molar-refractivity contribution is -0.0379. The molecule has 2 aromatic rings. The van der Waals surface area contributed by atoms with Gasteiger partial charge in [0.1, 0.15) is 6.07 Å². The SMILES string of the molecule is CCc1cc(Nc2cnc(C#N)c(N[C@H](C)C3COC3)n2)n[nH]1. The summed E-state index contributed by atoms with van der Waals surface area (Å²) in [5, 5.41) is 22.6. The van der Waals surface area contributed by atoms with Crippen LogP contribution in [0.4, 0.5) is 17.5 Å². The fourth-order valence-corrected chi connectivity index (χ4v) is 2.25. The zero-order valence-corrected chi connectivity index (χ0v) is 13.1. The summed E-state index contributed by atoms with van der Waals surface area (Å²) < 4.78 is 5.20. The maximum atomic E-state index is 9.20. The summed E-state index contributed by atoms with van der Waals surface area (Å²) in [4.78, 5) is 8.61. The molecule has 3 N–H and O–H groups in total. The Morgan fingerprint density at radius 2 is 2.30 bits per heavy atom. The van der Waals surface area contributed by atoms with Crippen LogP contribution in [0.15, 0.2) is 12.3 Å². The van der Waals surface area contributed by atoms with Crippen molar-refractivity contribution < 1.29 is 4.74 Å². The summed E-state index contributed by atoms with van der Waals surface area (Å²) in [6.45, 7) is 5.56. The van der Waals surface area contributed by atoms with Gasteiger partial charge in [0, 0.05) is 23.7 Å². The van der Waals surface area contributed by atoms with Crippen molar-refractivity contribution in [1.82, 2.24) is 20.2 Å². The van der Waals surface area contributed by atoms with Crippen LogP contribution >= 0.6 is 0 Å². The molecule has 0 amide bonds. The minimum Gasteiger partial charge on any atom is -0.381 e. The van der Waals surface area contributed by atoms with E-state index < -0.39 is 0 Å². The van der Waals surface area contributed by atoms with Crippen LogP contribution in [-0.4, -0.2) is 39.4 Å². The Kier molecular flexibility index (Phi) is 4.39. The first-order valence-electron chi connectivity index (χ1n) is 7.62. The fraction of sp³-hybridized carbons (Fsp3) is 0.467. The van der Waals surface area contributed by atoms with E-state index in [4.69, 9.17) is 4.74 Å². The molecule has 3 rings (SSSR count). The van der Waals surface area contributed by atoms with Gasteiger partial charge in [0.25, 0.3) is 0 Å². The molecule has 2 aromatic heterocycles. The lowest BCUT2D eigenvalue weighted by Gasteiger charge is -2.32. The van der Waals surface area contributed by atoms with Crippen LogP contribution in [-0.2, 0) is 11.2 Å². The lowest BCUT2D eigenvalue weighted by atomic mass is 10.00. The van der Waals surface area contributed by atoms with E-state index in [9.17, 15) is 5.26 Å². The summed E-state index contributed by atoms with van der Waals surface area (Å²) in [6, 6.07) is 4.15. The fourth-order valence-electron chi connectivity index (χ4n) is 2.25. The zero-order chi connectivity index (χ0) is 16.2. The number of hydrogen-bond donors (Lipinski definition) is 3. The second-order valence-electron chi connectivity index (χ2n) is 5.55. The molecule has 8 heteroatoms. The van der Waals surface area contributed by atoms with Gasteiger partial charge in [0.05, 0.1) is 19.4 Å². The molecule has 1 aliphatic heterocycles. The average Bonchev–Trinajstić information content (AvgIpc) is 2.93. The maximum absolute atomic E-state index is 9.20. The number of aromatic nitrogens is 4. The highest BCUT2D eigenvalue weighted by Crippen LogP contribution is 2.21. The second kappa shape index (κ2) is 6.62. The van der Waals surface area contributed by atoms with Gasteiger partial charge in [-0.15, -0.1) is 0 Å². The van der Waals surface area contributed by atoms with Crippen LogP contribution in [0.2, 0.25) is 0 Å². The van der Waals surface area contributed by atoms with Crippen LogP contribution in [0.25, 0.3) is 0 Å². The minimum absolute atomic E-state index is 0.164. The van der Waals surface area contributed by atoms with Crippen molar-refractivity contribution in [3.05, 3.63) is 23.7 Å². The van der Waals surface area contributed by atoms with Crippen molar-refractivity contribution in [3.63, 3.8) is 0 Å². The highest BCUT2D eigenvalue weighted by Gasteiger charge is 2.26. The molecule has 3 heterocycles. The van der Waals surface area contributed by atoms with Gasteiger partial charge in [-0.1, -0.05) is 6.92 Å². The molecule has 0 aromatic carbocycles. The molecule has 0 radical (unpaired) electrons. The molecule has 0 unspecified atom stereocenters. The predicted octanol–water partition coefficient (Wildman–Crippen LogP) is 1.82. The first-order valence-corrected chi connectivity index (χ1v) is 7.62. The Morgan fingerprint density at radius 1 is 1.48 bits per heavy atom. The van der Waals surface area contributed by atoms with Gasteiger partial charge in [0.2, 0.25) is 0 Å². The molecule has 0 saturated carbocycles. The van der Waals surface area contributed by atoms with Gasteiger partial charge in [-0.2, -0.15) is 10.4 Å². The normalized spacial score (nSPS) is 15.5. The third kappa shape index (κ3) is 3.40. The second-order valence-corrected chi connectivity index (χ2v) is 5.55. The van der Waals surface area contributed by atoms with Gasteiger partial charge >= 0.3 is 0 Å². The van der Waals surface area contributed by atoms with Gasteiger partial charge in [-0.25, -0.2) is 9.97 Å². The first-order chi connectivity index (χ1) is 11.2. The molecule has 23 heavy (non-hydrogen) atoms. The quantitative estimate of drug-likeness (QED) is 0.745. The van der Waals surface area contributed by atoms with E-state index in [2.05, 4.69) is 43.8 Å². The first kappa shape index (κ1) is 15.2. The van der Waals surface area contributed by atoms with Crippen LogP contribution in [0.3, 0.4) is 0 Å². The number of anilines is 3. The van der Waals surface area contributed by atoms with E-state index in [0.717, 1.165) is 25.3 Å². The number of nitrogens with one attached hydrogen (secondary N) is 3. The third-order valence-electron chi connectivity index (χ3n) is 3.88. The number of rotatable bonds is 6. The number of H-pyrrole nitrogens is 1. The Hall–Kier alpha value is -2.66. The van der Waals surface area contributed by atoms with Crippen LogP contribution in [0.1, 0.15) is 25.2 Å². The molecule has 1 fully saturated rings. The number of aromatic amines is 1. The molecule has 0 aliphatic carbocycles. The third-order valence-corrected chi connectivity index (χ3v) is 3.88. The van der Waals surface area contributed by atoms with Crippen LogP contribution in [0.5, 0.6) is 0 Å². The van der Waals surface area contributed by atoms with Gasteiger partial charge < -0.3 is 15.4 Å². The Morgan fingerprint density at radius 3 is 2.91 bits per heavy atom. The van der Waals surface area contributed by atoms with E-state index >= 15 is 0 Å². The van der Waals surface area contributed by atoms with Crippen molar-refractivity contribution in [1.29, 1.82) is 5.26 Å². The minimum atomic E-state index is 0.164. The van der Waals surface area contributed by atoms with E-state index in [1.165, 1.54) is 6.20 Å². The lowest BCUT2D eigenvalue weighted by Crippen LogP contribution is -2.40. The van der Waals surface area contributed by atoms with E-state index in [1.54, 1.807) is 0 Å². The average molecular weight is 313 g/mol. The zero-order valence-electron chi connectivity index (χ0n) is 13.1. The summed E-state index contributed by atoms with van der Waals surface area (Å²) in [5.41, 5.74) is 1.31. The summed E-state index contributed by atoms with van der Waals surface area (Å²) in [6.07, 6.45) is 2.41. The highest BCUT2D eigenvalue weighted by atomic mass is 16.5. The molecular weight excluding hydrogens is 294 g/mol. The van der Waals surface area contributed by atoms with Gasteiger partial charge in [-0.3, -0.25) is 5.10 Å². The molecular formula is C15H19N7O. The topological polar surface area (TPSA) is 112 Å². The van der Waals surface area contributed by atoms with Crippen LogP contribution in [0, 0.1) is 17.2 Å². The molecule has 1 atom stereocenters. The van der Waals surface area contributed by atoms with Crippen LogP contribution < -0.4 is 10.6 Å². The number of nitriles is 1. The molecule has 8 nitrogen and oxygen atoms in total. The Bertz CT molecular complexity index is 717. The summed E-state index contributed by atoms with van der Waals surface area (Å²) in [7, 11) is 0. The number of aryl methyl sites for hydroxylation is 1. The summed E-state index contributed by atoms with van der Waals surface area (Å²) in [5.74, 6) is 2.12. The maximum Gasteiger partial charge on any atom is 0.183 e. The van der Waals surface area contributed by atoms with Crippen molar-refractivity contribution in [3.8, 4) is 6.07 Å². The number of nitrogens with zero attached hydrogens (tertiary/aromatic N) is 4. The van der Waals surface area contributed by atoms with Gasteiger partial charge in [0.15, 0.2) is 23.1 Å². The Balaban J connectivity index is 1.76. The van der Waals surface area contributed by atoms with E-state index in [0.29, 0.717) is 23.4 Å². The van der Waals surface area contributed by atoms with Crippen molar-refractivity contribution >= 4 is 17.5 Å². The Labute approximate surface area is 134 Å².